The maximum Gasteiger partial charge on any atom is 0.267 e. The van der Waals surface area contributed by atoms with Crippen molar-refractivity contribution in [1.29, 1.82) is 0 Å². The molecule has 0 atom stereocenters. The molecule has 0 radical (unpaired) electrons. The lowest BCUT2D eigenvalue weighted by molar-refractivity contribution is 0.103. The van der Waals surface area contributed by atoms with E-state index in [1.165, 1.54) is 24.3 Å². The van der Waals surface area contributed by atoms with E-state index in [1.807, 2.05) is 19.9 Å². The number of nitrogens with zero attached hydrogens (tertiary/aromatic N) is 1. The van der Waals surface area contributed by atoms with Crippen LogP contribution in [0.3, 0.4) is 0 Å². The fourth-order valence-corrected chi connectivity index (χ4v) is 6.13. The van der Waals surface area contributed by atoms with E-state index in [0.29, 0.717) is 18.9 Å². The zero-order valence-electron chi connectivity index (χ0n) is 19.1. The molecule has 1 aromatic heterocycles. The van der Waals surface area contributed by atoms with Gasteiger partial charge < -0.3 is 15.0 Å². The van der Waals surface area contributed by atoms with Crippen molar-refractivity contribution in [2.75, 3.05) is 41.2 Å². The van der Waals surface area contributed by atoms with Gasteiger partial charge in [-0.15, -0.1) is 11.3 Å². The van der Waals surface area contributed by atoms with Crippen LogP contribution in [0, 0.1) is 26.6 Å². The second-order valence-electron chi connectivity index (χ2n) is 8.14. The number of nitrogens with one attached hydrogen (secondary N) is 2. The number of aryl methyl sites for hydroxylation is 2. The summed E-state index contributed by atoms with van der Waals surface area (Å²) in [7, 11) is -4.06. The lowest BCUT2D eigenvalue weighted by Gasteiger charge is -2.32. The van der Waals surface area contributed by atoms with Crippen LogP contribution >= 0.6 is 11.3 Å². The number of sulfonamides is 1. The predicted molar refractivity (Wildman–Crippen MR) is 133 cm³/mol. The van der Waals surface area contributed by atoms with E-state index in [0.717, 1.165) is 52.9 Å². The van der Waals surface area contributed by atoms with Gasteiger partial charge in [-0.05, 0) is 67.1 Å². The van der Waals surface area contributed by atoms with E-state index in [9.17, 15) is 17.6 Å². The first-order chi connectivity index (χ1) is 16.2. The Balaban J connectivity index is 1.61. The summed E-state index contributed by atoms with van der Waals surface area (Å²) in [6.07, 6.45) is 0. The first-order valence-electron chi connectivity index (χ1n) is 10.8. The maximum absolute atomic E-state index is 13.5. The molecule has 2 aromatic carbocycles. The number of hydrogen-bond acceptors (Lipinski definition) is 6. The van der Waals surface area contributed by atoms with E-state index < -0.39 is 21.7 Å². The van der Waals surface area contributed by atoms with Crippen molar-refractivity contribution in [2.45, 2.75) is 25.7 Å². The van der Waals surface area contributed by atoms with Crippen molar-refractivity contribution in [1.82, 2.24) is 0 Å². The number of amides is 1. The number of ether oxygens (including phenoxy) is 1. The Morgan fingerprint density at radius 3 is 2.53 bits per heavy atom. The number of thiophene rings is 1. The van der Waals surface area contributed by atoms with Crippen molar-refractivity contribution in [2.24, 2.45) is 0 Å². The Morgan fingerprint density at radius 1 is 1.09 bits per heavy atom. The fourth-order valence-electron chi connectivity index (χ4n) is 4.21. The minimum absolute atomic E-state index is 0.141. The molecule has 1 amide bonds. The van der Waals surface area contributed by atoms with E-state index >= 15 is 0 Å². The smallest absolute Gasteiger partial charge is 0.267 e. The molecule has 2 N–H and O–H groups in total. The van der Waals surface area contributed by atoms with Crippen molar-refractivity contribution >= 4 is 44.3 Å². The van der Waals surface area contributed by atoms with Crippen LogP contribution in [-0.4, -0.2) is 40.6 Å². The highest BCUT2D eigenvalue weighted by Gasteiger charge is 2.23. The van der Waals surface area contributed by atoms with Gasteiger partial charge in [-0.2, -0.15) is 0 Å². The van der Waals surface area contributed by atoms with Crippen LogP contribution in [0.5, 0.6) is 0 Å². The summed E-state index contributed by atoms with van der Waals surface area (Å²) < 4.78 is 46.9. The molecule has 7 nitrogen and oxygen atoms in total. The van der Waals surface area contributed by atoms with Crippen LogP contribution in [0.15, 0.2) is 46.7 Å². The number of hydrogen-bond donors (Lipinski definition) is 2. The quantitative estimate of drug-likeness (QED) is 0.509. The van der Waals surface area contributed by atoms with Gasteiger partial charge in [-0.3, -0.25) is 9.52 Å². The number of benzene rings is 2. The van der Waals surface area contributed by atoms with Crippen LogP contribution in [0.4, 0.5) is 21.5 Å². The second kappa shape index (κ2) is 9.73. The van der Waals surface area contributed by atoms with Gasteiger partial charge in [0.25, 0.3) is 15.9 Å². The molecule has 0 saturated carbocycles. The Morgan fingerprint density at radius 2 is 1.82 bits per heavy atom. The number of rotatable bonds is 6. The molecule has 3 aromatic rings. The van der Waals surface area contributed by atoms with Gasteiger partial charge in [0.1, 0.15) is 10.7 Å². The highest BCUT2D eigenvalue weighted by molar-refractivity contribution is 7.92. The Labute approximate surface area is 202 Å². The molecule has 0 spiro atoms. The Hall–Kier alpha value is -2.95. The predicted octanol–water partition coefficient (Wildman–Crippen LogP) is 4.70. The molecule has 2 heterocycles. The van der Waals surface area contributed by atoms with Crippen molar-refractivity contribution < 1.29 is 22.3 Å². The minimum atomic E-state index is -4.06. The SMILES string of the molecule is Cc1cc(C)c(N2CCOCC2)c(C)c1NC(=O)c1sccc1NS(=O)(=O)c1cccc(F)c1. The average molecular weight is 504 g/mol. The topological polar surface area (TPSA) is 87.7 Å². The zero-order valence-corrected chi connectivity index (χ0v) is 20.8. The summed E-state index contributed by atoms with van der Waals surface area (Å²) in [6, 6.07) is 8.27. The third kappa shape index (κ3) is 4.94. The van der Waals surface area contributed by atoms with Crippen LogP contribution in [0.1, 0.15) is 26.4 Å². The van der Waals surface area contributed by atoms with Crippen LogP contribution < -0.4 is 14.9 Å². The molecule has 0 bridgehead atoms. The molecule has 4 rings (SSSR count). The first-order valence-corrected chi connectivity index (χ1v) is 13.1. The summed E-state index contributed by atoms with van der Waals surface area (Å²) in [5.41, 5.74) is 4.90. The van der Waals surface area contributed by atoms with Crippen LogP contribution in [0.2, 0.25) is 0 Å². The molecule has 34 heavy (non-hydrogen) atoms. The molecule has 180 valence electrons. The fraction of sp³-hybridized carbons (Fsp3) is 0.292. The van der Waals surface area contributed by atoms with Crippen molar-refractivity contribution in [3.63, 3.8) is 0 Å². The van der Waals surface area contributed by atoms with E-state index in [2.05, 4.69) is 21.9 Å². The zero-order chi connectivity index (χ0) is 24.5. The summed E-state index contributed by atoms with van der Waals surface area (Å²) in [5, 5.41) is 4.61. The van der Waals surface area contributed by atoms with Gasteiger partial charge >= 0.3 is 0 Å². The van der Waals surface area contributed by atoms with Gasteiger partial charge in [-0.1, -0.05) is 12.1 Å². The highest BCUT2D eigenvalue weighted by Crippen LogP contribution is 2.35. The molecular weight excluding hydrogens is 477 g/mol. The maximum atomic E-state index is 13.5. The Kier molecular flexibility index (Phi) is 6.92. The van der Waals surface area contributed by atoms with Crippen LogP contribution in [0.25, 0.3) is 0 Å². The number of halogens is 1. The van der Waals surface area contributed by atoms with Crippen molar-refractivity contribution in [3.05, 3.63) is 69.2 Å². The average Bonchev–Trinajstić information content (AvgIpc) is 3.24. The molecule has 1 aliphatic heterocycles. The number of carbonyl (C=O) groups is 1. The molecule has 1 fully saturated rings. The number of anilines is 3. The molecule has 0 unspecified atom stereocenters. The molecule has 1 aliphatic rings. The van der Waals surface area contributed by atoms with Gasteiger partial charge in [0, 0.05) is 24.5 Å². The molecule has 10 heteroatoms. The summed E-state index contributed by atoms with van der Waals surface area (Å²) in [4.78, 5) is 15.5. The van der Waals surface area contributed by atoms with E-state index in [4.69, 9.17) is 4.74 Å². The first kappa shape index (κ1) is 24.2. The second-order valence-corrected chi connectivity index (χ2v) is 10.7. The largest absolute Gasteiger partial charge is 0.378 e. The lowest BCUT2D eigenvalue weighted by Crippen LogP contribution is -2.37. The van der Waals surface area contributed by atoms with E-state index in [-0.39, 0.29) is 15.5 Å². The monoisotopic (exact) mass is 503 g/mol. The summed E-state index contributed by atoms with van der Waals surface area (Å²) >= 11 is 1.12. The standard InChI is InChI=1S/C24H26FN3O4S2/c1-15-13-16(2)22(28-8-10-32-11-9-28)17(3)21(15)26-24(29)23-20(7-12-33-23)27-34(30,31)19-6-4-5-18(25)14-19/h4-7,12-14,27H,8-11H2,1-3H3,(H,26,29). The number of carbonyl (C=O) groups excluding carboxylic acids is 1. The summed E-state index contributed by atoms with van der Waals surface area (Å²) in [5.74, 6) is -1.08. The molecule has 1 saturated heterocycles. The molecule has 0 aliphatic carbocycles. The summed E-state index contributed by atoms with van der Waals surface area (Å²) in [6.45, 7) is 8.80. The third-order valence-corrected chi connectivity index (χ3v) is 8.00. The van der Waals surface area contributed by atoms with E-state index in [1.54, 1.807) is 5.38 Å². The van der Waals surface area contributed by atoms with Gasteiger partial charge in [0.05, 0.1) is 23.8 Å². The Bertz CT molecular complexity index is 1330. The molecular formula is C24H26FN3O4S2. The van der Waals surface area contributed by atoms with Gasteiger partial charge in [0.15, 0.2) is 0 Å². The van der Waals surface area contributed by atoms with Crippen molar-refractivity contribution in [3.8, 4) is 0 Å². The third-order valence-electron chi connectivity index (χ3n) is 5.72. The highest BCUT2D eigenvalue weighted by atomic mass is 32.2. The van der Waals surface area contributed by atoms with Gasteiger partial charge in [-0.25, -0.2) is 12.8 Å². The van der Waals surface area contributed by atoms with Crippen LogP contribution in [-0.2, 0) is 14.8 Å². The normalized spacial score (nSPS) is 14.2. The number of morpholine rings is 1. The lowest BCUT2D eigenvalue weighted by atomic mass is 10.0. The van der Waals surface area contributed by atoms with Gasteiger partial charge in [0.2, 0.25) is 0 Å². The minimum Gasteiger partial charge on any atom is -0.378 e.